The van der Waals surface area contributed by atoms with Crippen molar-refractivity contribution in [3.63, 3.8) is 0 Å². The number of hydrogen-bond donors (Lipinski definition) is 0. The van der Waals surface area contributed by atoms with Gasteiger partial charge in [0, 0.05) is 0 Å². The molecule has 1 heteroatoms. The van der Waals surface area contributed by atoms with Crippen LogP contribution in [0, 0.1) is 13.8 Å². The number of benzene rings is 1. The molecule has 0 aromatic heterocycles. The topological polar surface area (TPSA) is 3.24 Å². The molecule has 0 N–H and O–H groups in total. The molecule has 1 aromatic carbocycles. The van der Waals surface area contributed by atoms with E-state index in [-0.39, 0.29) is 0 Å². The highest BCUT2D eigenvalue weighted by molar-refractivity contribution is 5.35. The highest BCUT2D eigenvalue weighted by Crippen LogP contribution is 2.43. The Morgan fingerprint density at radius 1 is 0.875 bits per heavy atom. The first-order valence-electron chi connectivity index (χ1n) is 6.49. The normalized spacial score (nSPS) is 33.0. The van der Waals surface area contributed by atoms with E-state index in [1.165, 1.54) is 50.0 Å². The van der Waals surface area contributed by atoms with Crippen molar-refractivity contribution >= 4 is 0 Å². The lowest BCUT2D eigenvalue weighted by atomic mass is 9.67. The van der Waals surface area contributed by atoms with Crippen molar-refractivity contribution in [2.75, 3.05) is 19.6 Å². The summed E-state index contributed by atoms with van der Waals surface area (Å²) in [5.74, 6) is 0. The van der Waals surface area contributed by atoms with Gasteiger partial charge in [-0.3, -0.25) is 0 Å². The Morgan fingerprint density at radius 3 is 1.88 bits per heavy atom. The van der Waals surface area contributed by atoms with Crippen molar-refractivity contribution in [1.82, 2.24) is 4.90 Å². The molecule has 1 nitrogen and oxygen atoms in total. The Hall–Kier alpha value is -0.820. The SMILES string of the molecule is Cc1cc(C)cc(C23CCN(CC2)CC3)c1. The Bertz CT molecular complexity index is 366. The summed E-state index contributed by atoms with van der Waals surface area (Å²) in [5.41, 5.74) is 4.99. The summed E-state index contributed by atoms with van der Waals surface area (Å²) >= 11 is 0. The van der Waals surface area contributed by atoms with Crippen LogP contribution in [-0.4, -0.2) is 24.5 Å². The van der Waals surface area contributed by atoms with Crippen LogP contribution < -0.4 is 0 Å². The molecule has 2 bridgehead atoms. The van der Waals surface area contributed by atoms with Gasteiger partial charge in [0.2, 0.25) is 0 Å². The van der Waals surface area contributed by atoms with Crippen molar-refractivity contribution in [3.8, 4) is 0 Å². The smallest absolute Gasteiger partial charge is 0.00102 e. The van der Waals surface area contributed by atoms with E-state index in [0.29, 0.717) is 5.41 Å². The van der Waals surface area contributed by atoms with Gasteiger partial charge in [-0.05, 0) is 63.7 Å². The van der Waals surface area contributed by atoms with Crippen LogP contribution in [0.25, 0.3) is 0 Å². The Morgan fingerprint density at radius 2 is 1.38 bits per heavy atom. The molecular formula is C15H21N. The quantitative estimate of drug-likeness (QED) is 0.696. The summed E-state index contributed by atoms with van der Waals surface area (Å²) in [6, 6.07) is 7.14. The van der Waals surface area contributed by atoms with Gasteiger partial charge in [0.25, 0.3) is 0 Å². The zero-order valence-corrected chi connectivity index (χ0v) is 10.4. The molecule has 3 fully saturated rings. The monoisotopic (exact) mass is 215 g/mol. The third-order valence-corrected chi connectivity index (χ3v) is 4.55. The minimum Gasteiger partial charge on any atom is -0.303 e. The summed E-state index contributed by atoms with van der Waals surface area (Å²) in [5, 5.41) is 0. The van der Waals surface area contributed by atoms with E-state index in [0.717, 1.165) is 0 Å². The zero-order chi connectivity index (χ0) is 11.2. The lowest BCUT2D eigenvalue weighted by Crippen LogP contribution is -2.50. The molecule has 0 saturated carbocycles. The van der Waals surface area contributed by atoms with E-state index in [1.54, 1.807) is 5.56 Å². The van der Waals surface area contributed by atoms with E-state index in [1.807, 2.05) is 0 Å². The van der Waals surface area contributed by atoms with Crippen LogP contribution in [0.4, 0.5) is 0 Å². The van der Waals surface area contributed by atoms with Crippen molar-refractivity contribution in [3.05, 3.63) is 34.9 Å². The fraction of sp³-hybridized carbons (Fsp3) is 0.600. The fourth-order valence-corrected chi connectivity index (χ4v) is 3.54. The van der Waals surface area contributed by atoms with Crippen LogP contribution in [0.2, 0.25) is 0 Å². The van der Waals surface area contributed by atoms with Gasteiger partial charge >= 0.3 is 0 Å². The van der Waals surface area contributed by atoms with Gasteiger partial charge in [-0.25, -0.2) is 0 Å². The Balaban J connectivity index is 2.01. The third kappa shape index (κ3) is 1.58. The summed E-state index contributed by atoms with van der Waals surface area (Å²) in [6.07, 6.45) is 4.11. The first-order valence-corrected chi connectivity index (χ1v) is 6.49. The maximum Gasteiger partial charge on any atom is -0.00102 e. The summed E-state index contributed by atoms with van der Waals surface area (Å²) in [7, 11) is 0. The van der Waals surface area contributed by atoms with Gasteiger partial charge in [-0.2, -0.15) is 0 Å². The Labute approximate surface area is 98.5 Å². The van der Waals surface area contributed by atoms with E-state index in [9.17, 15) is 0 Å². The Kier molecular flexibility index (Phi) is 2.32. The first-order chi connectivity index (χ1) is 7.68. The molecule has 0 spiro atoms. The first kappa shape index (κ1) is 10.3. The van der Waals surface area contributed by atoms with Crippen molar-refractivity contribution in [2.24, 2.45) is 0 Å². The van der Waals surface area contributed by atoms with Crippen LogP contribution in [0.15, 0.2) is 18.2 Å². The van der Waals surface area contributed by atoms with Crippen LogP contribution >= 0.6 is 0 Å². The van der Waals surface area contributed by atoms with Crippen molar-refractivity contribution in [1.29, 1.82) is 0 Å². The molecule has 0 amide bonds. The molecule has 3 aliphatic heterocycles. The van der Waals surface area contributed by atoms with Gasteiger partial charge in [-0.15, -0.1) is 0 Å². The standard InChI is InChI=1S/C15H21N/c1-12-9-13(2)11-14(10-12)15-3-6-16(7-4-15)8-5-15/h9-11H,3-8H2,1-2H3. The van der Waals surface area contributed by atoms with Crippen molar-refractivity contribution in [2.45, 2.75) is 38.5 Å². The maximum absolute atomic E-state index is 2.62. The lowest BCUT2D eigenvalue weighted by Gasteiger charge is -2.49. The van der Waals surface area contributed by atoms with Crippen molar-refractivity contribution < 1.29 is 0 Å². The minimum atomic E-state index is 0.519. The molecule has 1 aromatic rings. The summed E-state index contributed by atoms with van der Waals surface area (Å²) in [4.78, 5) is 2.62. The minimum absolute atomic E-state index is 0.519. The zero-order valence-electron chi connectivity index (χ0n) is 10.4. The molecule has 3 saturated heterocycles. The molecule has 0 aliphatic carbocycles. The molecule has 16 heavy (non-hydrogen) atoms. The van der Waals surface area contributed by atoms with Crippen LogP contribution in [0.3, 0.4) is 0 Å². The van der Waals surface area contributed by atoms with Crippen LogP contribution in [0.5, 0.6) is 0 Å². The molecular weight excluding hydrogens is 194 g/mol. The van der Waals surface area contributed by atoms with E-state index < -0.39 is 0 Å². The van der Waals surface area contributed by atoms with E-state index in [2.05, 4.69) is 36.9 Å². The molecule has 4 rings (SSSR count). The number of fused-ring (bicyclic) bond motifs is 3. The highest BCUT2D eigenvalue weighted by atomic mass is 15.1. The molecule has 3 heterocycles. The molecule has 0 unspecified atom stereocenters. The van der Waals surface area contributed by atoms with Gasteiger partial charge in [-0.1, -0.05) is 29.3 Å². The summed E-state index contributed by atoms with van der Waals surface area (Å²) in [6.45, 7) is 8.39. The van der Waals surface area contributed by atoms with Gasteiger partial charge in [0.15, 0.2) is 0 Å². The van der Waals surface area contributed by atoms with E-state index in [4.69, 9.17) is 0 Å². The fourth-order valence-electron chi connectivity index (χ4n) is 3.54. The largest absolute Gasteiger partial charge is 0.303 e. The average molecular weight is 215 g/mol. The third-order valence-electron chi connectivity index (χ3n) is 4.55. The highest BCUT2D eigenvalue weighted by Gasteiger charge is 2.40. The summed E-state index contributed by atoms with van der Waals surface area (Å²) < 4.78 is 0. The van der Waals surface area contributed by atoms with Gasteiger partial charge < -0.3 is 4.90 Å². The van der Waals surface area contributed by atoms with Crippen LogP contribution in [0.1, 0.15) is 36.0 Å². The second-order valence-electron chi connectivity index (χ2n) is 5.75. The molecule has 86 valence electrons. The molecule has 0 atom stereocenters. The number of aryl methyl sites for hydroxylation is 2. The molecule has 0 radical (unpaired) electrons. The van der Waals surface area contributed by atoms with Gasteiger partial charge in [0.1, 0.15) is 0 Å². The lowest BCUT2D eigenvalue weighted by molar-refractivity contribution is 0.0817. The number of hydrogen-bond acceptors (Lipinski definition) is 1. The average Bonchev–Trinajstić information content (AvgIpc) is 2.30. The number of nitrogens with zero attached hydrogens (tertiary/aromatic N) is 1. The number of rotatable bonds is 1. The van der Waals surface area contributed by atoms with Crippen LogP contribution in [-0.2, 0) is 5.41 Å². The number of piperidine rings is 3. The predicted molar refractivity (Wildman–Crippen MR) is 67.9 cm³/mol. The maximum atomic E-state index is 2.62. The van der Waals surface area contributed by atoms with Gasteiger partial charge in [0.05, 0.1) is 0 Å². The molecule has 3 aliphatic rings. The second kappa shape index (κ2) is 3.59. The predicted octanol–water partition coefficient (Wildman–Crippen LogP) is 3.04. The van der Waals surface area contributed by atoms with E-state index >= 15 is 0 Å². The second-order valence-corrected chi connectivity index (χ2v) is 5.75.